The molecule has 1 aliphatic rings. The number of aliphatic hydroxyl groups excluding tert-OH is 1. The number of hydrogen-bond acceptors (Lipinski definition) is 4. The number of aromatic nitrogens is 1. The van der Waals surface area contributed by atoms with Crippen LogP contribution in [0.4, 0.5) is 18.3 Å². The van der Waals surface area contributed by atoms with E-state index in [4.69, 9.17) is 5.11 Å². The van der Waals surface area contributed by atoms with E-state index in [1.54, 1.807) is 0 Å². The Morgan fingerprint density at radius 1 is 1.50 bits per heavy atom. The summed E-state index contributed by atoms with van der Waals surface area (Å²) in [6.45, 7) is 0.0457. The molecule has 0 fully saturated rings. The molecule has 0 aromatic carbocycles. The molecule has 3 nitrogen and oxygen atoms in total. The maximum atomic E-state index is 12.5. The normalized spacial score (nSPS) is 23.6. The first-order valence-corrected chi connectivity index (χ1v) is 6.80. The minimum Gasteiger partial charge on any atom is -0.396 e. The van der Waals surface area contributed by atoms with Crippen LogP contribution in [-0.2, 0) is 6.18 Å². The van der Waals surface area contributed by atoms with Crippen LogP contribution in [0.3, 0.4) is 0 Å². The first-order valence-electron chi connectivity index (χ1n) is 5.19. The summed E-state index contributed by atoms with van der Waals surface area (Å²) in [4.78, 5) is 3.53. The van der Waals surface area contributed by atoms with Crippen molar-refractivity contribution in [2.75, 3.05) is 11.9 Å². The van der Waals surface area contributed by atoms with Crippen LogP contribution in [0.15, 0.2) is 15.9 Å². The molecule has 2 atom stereocenters. The van der Waals surface area contributed by atoms with Gasteiger partial charge in [0.1, 0.15) is 3.79 Å². The van der Waals surface area contributed by atoms with Crippen LogP contribution < -0.4 is 5.32 Å². The predicted octanol–water partition coefficient (Wildman–Crippen LogP) is 3.27. The van der Waals surface area contributed by atoms with Crippen molar-refractivity contribution in [1.82, 2.24) is 4.98 Å². The van der Waals surface area contributed by atoms with Crippen LogP contribution in [0, 0.1) is 5.92 Å². The monoisotopic (exact) mass is 342 g/mol. The zero-order valence-electron chi connectivity index (χ0n) is 9.04. The van der Waals surface area contributed by atoms with Gasteiger partial charge in [0, 0.05) is 18.6 Å². The minimum atomic E-state index is -4.45. The molecular formula is C10H10BrF3N2OS. The fourth-order valence-electron chi connectivity index (χ4n) is 1.71. The van der Waals surface area contributed by atoms with Gasteiger partial charge in [-0.2, -0.15) is 13.2 Å². The molecule has 0 aliphatic heterocycles. The summed E-state index contributed by atoms with van der Waals surface area (Å²) in [6.07, 6.45) is -0.0993. The smallest absolute Gasteiger partial charge is 0.396 e. The Balaban J connectivity index is 2.06. The summed E-state index contributed by atoms with van der Waals surface area (Å²) in [5.41, 5.74) is -0.907. The highest BCUT2D eigenvalue weighted by atomic mass is 79.9. The molecule has 0 spiro atoms. The molecule has 18 heavy (non-hydrogen) atoms. The van der Waals surface area contributed by atoms with E-state index in [0.29, 0.717) is 6.42 Å². The van der Waals surface area contributed by atoms with Crippen molar-refractivity contribution in [1.29, 1.82) is 0 Å². The quantitative estimate of drug-likeness (QED) is 0.828. The van der Waals surface area contributed by atoms with Gasteiger partial charge in [0.2, 0.25) is 0 Å². The Morgan fingerprint density at radius 2 is 2.22 bits per heavy atom. The molecule has 0 amide bonds. The maximum Gasteiger partial charge on any atom is 0.435 e. The molecule has 0 unspecified atom stereocenters. The Kier molecular flexibility index (Phi) is 3.98. The van der Waals surface area contributed by atoms with Crippen LogP contribution in [0.2, 0.25) is 0 Å². The van der Waals surface area contributed by atoms with Gasteiger partial charge in [-0.3, -0.25) is 0 Å². The summed E-state index contributed by atoms with van der Waals surface area (Å²) in [7, 11) is 0. The first-order chi connectivity index (χ1) is 8.40. The van der Waals surface area contributed by atoms with Crippen LogP contribution in [-0.4, -0.2) is 22.7 Å². The molecule has 1 heterocycles. The van der Waals surface area contributed by atoms with E-state index in [9.17, 15) is 13.2 Å². The molecule has 1 aliphatic carbocycles. The lowest BCUT2D eigenvalue weighted by molar-refractivity contribution is -0.141. The molecule has 0 saturated carbocycles. The van der Waals surface area contributed by atoms with E-state index in [-0.39, 0.29) is 27.5 Å². The fourth-order valence-corrected chi connectivity index (χ4v) is 3.26. The lowest BCUT2D eigenvalue weighted by atomic mass is 10.1. The minimum absolute atomic E-state index is 0.0295. The van der Waals surface area contributed by atoms with Gasteiger partial charge in [0.25, 0.3) is 0 Å². The molecule has 0 bridgehead atoms. The summed E-state index contributed by atoms with van der Waals surface area (Å²) < 4.78 is 37.6. The number of alkyl halides is 3. The topological polar surface area (TPSA) is 45.1 Å². The van der Waals surface area contributed by atoms with Gasteiger partial charge in [-0.25, -0.2) is 4.98 Å². The lowest BCUT2D eigenvalue weighted by Gasteiger charge is -2.11. The Bertz CT molecular complexity index is 460. The number of aliphatic hydroxyl groups is 1. The Hall–Kier alpha value is -0.600. The third-order valence-corrected chi connectivity index (χ3v) is 4.21. The van der Waals surface area contributed by atoms with Crippen molar-refractivity contribution < 1.29 is 18.3 Å². The lowest BCUT2D eigenvalue weighted by Crippen LogP contribution is -2.16. The summed E-state index contributed by atoms with van der Waals surface area (Å²) in [6, 6.07) is -0.0821. The van der Waals surface area contributed by atoms with Crippen LogP contribution in [0.25, 0.3) is 0 Å². The highest BCUT2D eigenvalue weighted by Crippen LogP contribution is 2.39. The summed E-state index contributed by atoms with van der Waals surface area (Å²) in [5, 5.41) is 12.1. The SMILES string of the molecule is OC[C@H]1C=C[C@@H](Nc2nc(C(F)(F)F)c(Br)s2)C1. The first kappa shape index (κ1) is 13.8. The molecular weight excluding hydrogens is 333 g/mol. The van der Waals surface area contributed by atoms with E-state index in [0.717, 1.165) is 11.3 Å². The van der Waals surface area contributed by atoms with Crippen molar-refractivity contribution in [3.63, 3.8) is 0 Å². The van der Waals surface area contributed by atoms with Crippen molar-refractivity contribution in [2.45, 2.75) is 18.6 Å². The van der Waals surface area contributed by atoms with Crippen molar-refractivity contribution in [3.8, 4) is 0 Å². The van der Waals surface area contributed by atoms with Crippen LogP contribution >= 0.6 is 27.3 Å². The highest BCUT2D eigenvalue weighted by molar-refractivity contribution is 9.11. The van der Waals surface area contributed by atoms with Gasteiger partial charge in [-0.15, -0.1) is 0 Å². The van der Waals surface area contributed by atoms with Gasteiger partial charge in [-0.1, -0.05) is 23.5 Å². The second-order valence-corrected chi connectivity index (χ2v) is 6.27. The molecule has 0 radical (unpaired) electrons. The maximum absolute atomic E-state index is 12.5. The van der Waals surface area contributed by atoms with Gasteiger partial charge in [0.15, 0.2) is 10.8 Å². The van der Waals surface area contributed by atoms with Crippen LogP contribution in [0.5, 0.6) is 0 Å². The second-order valence-electron chi connectivity index (χ2n) is 3.95. The van der Waals surface area contributed by atoms with E-state index < -0.39 is 11.9 Å². The molecule has 2 N–H and O–H groups in total. The molecule has 100 valence electrons. The largest absolute Gasteiger partial charge is 0.435 e. The van der Waals surface area contributed by atoms with Gasteiger partial charge < -0.3 is 10.4 Å². The molecule has 0 saturated heterocycles. The molecule has 8 heteroatoms. The van der Waals surface area contributed by atoms with Crippen molar-refractivity contribution >= 4 is 32.4 Å². The van der Waals surface area contributed by atoms with Gasteiger partial charge in [-0.05, 0) is 22.4 Å². The number of halogens is 4. The number of anilines is 1. The van der Waals surface area contributed by atoms with E-state index in [2.05, 4.69) is 26.2 Å². The summed E-state index contributed by atoms with van der Waals surface area (Å²) in [5.74, 6) is 0.0630. The zero-order chi connectivity index (χ0) is 13.3. The number of nitrogens with zero attached hydrogens (tertiary/aromatic N) is 1. The third-order valence-electron chi connectivity index (χ3n) is 2.57. The number of nitrogens with one attached hydrogen (secondary N) is 1. The molecule has 2 rings (SSSR count). The average Bonchev–Trinajstić information content (AvgIpc) is 2.84. The van der Waals surface area contributed by atoms with Crippen LogP contribution in [0.1, 0.15) is 12.1 Å². The van der Waals surface area contributed by atoms with Gasteiger partial charge in [0.05, 0.1) is 0 Å². The van der Waals surface area contributed by atoms with Gasteiger partial charge >= 0.3 is 6.18 Å². The number of hydrogen-bond donors (Lipinski definition) is 2. The third kappa shape index (κ3) is 3.04. The van der Waals surface area contributed by atoms with E-state index in [1.165, 1.54) is 0 Å². The van der Waals surface area contributed by atoms with E-state index >= 15 is 0 Å². The number of rotatable bonds is 3. The zero-order valence-corrected chi connectivity index (χ0v) is 11.4. The predicted molar refractivity (Wildman–Crippen MR) is 66.6 cm³/mol. The van der Waals surface area contributed by atoms with E-state index in [1.807, 2.05) is 12.2 Å². The van der Waals surface area contributed by atoms with Crippen molar-refractivity contribution in [2.24, 2.45) is 5.92 Å². The standard InChI is InChI=1S/C10H10BrF3N2OS/c11-8-7(10(12,13)14)16-9(18-8)15-6-2-1-5(3-6)4-17/h1-2,5-6,17H,3-4H2,(H,15,16)/t5-,6+/m0/s1. The average molecular weight is 343 g/mol. The van der Waals surface area contributed by atoms with Crippen molar-refractivity contribution in [3.05, 3.63) is 21.6 Å². The Morgan fingerprint density at radius 3 is 2.72 bits per heavy atom. The molecule has 1 aromatic rings. The summed E-state index contributed by atoms with van der Waals surface area (Å²) >= 11 is 3.78. The number of thiazole rings is 1. The molecule has 1 aromatic heterocycles. The Labute approximate surface area is 114 Å². The second kappa shape index (κ2) is 5.18. The highest BCUT2D eigenvalue weighted by Gasteiger charge is 2.37. The fraction of sp³-hybridized carbons (Fsp3) is 0.500.